The summed E-state index contributed by atoms with van der Waals surface area (Å²) in [5, 5.41) is 22.2. The van der Waals surface area contributed by atoms with E-state index in [-0.39, 0.29) is 5.56 Å². The van der Waals surface area contributed by atoms with Gasteiger partial charge < -0.3 is 20.7 Å². The minimum Gasteiger partial charge on any atom is -0.480 e. The highest BCUT2D eigenvalue weighted by atomic mass is 16.5. The van der Waals surface area contributed by atoms with Gasteiger partial charge in [0.2, 0.25) is 5.88 Å². The number of carbonyl (C=O) groups excluding carboxylic acids is 1. The highest BCUT2D eigenvalue weighted by Gasteiger charge is 2.24. The van der Waals surface area contributed by atoms with Gasteiger partial charge in [-0.05, 0) is 26.0 Å². The third-order valence-electron chi connectivity index (χ3n) is 3.91. The van der Waals surface area contributed by atoms with Crippen molar-refractivity contribution >= 4 is 28.9 Å². The van der Waals surface area contributed by atoms with E-state index in [0.29, 0.717) is 28.9 Å². The zero-order chi connectivity index (χ0) is 20.3. The summed E-state index contributed by atoms with van der Waals surface area (Å²) in [5.41, 5.74) is 0.195. The summed E-state index contributed by atoms with van der Waals surface area (Å²) in [7, 11) is 3.27. The van der Waals surface area contributed by atoms with E-state index in [1.807, 2.05) is 6.07 Å². The first kappa shape index (κ1) is 18.9. The smallest absolute Gasteiger partial charge is 0.257 e. The summed E-state index contributed by atoms with van der Waals surface area (Å²) >= 11 is 0. The molecular formula is C18H20N8O2. The number of anilines is 3. The van der Waals surface area contributed by atoms with Gasteiger partial charge in [0.25, 0.3) is 5.91 Å². The number of nitriles is 1. The molecule has 28 heavy (non-hydrogen) atoms. The van der Waals surface area contributed by atoms with Gasteiger partial charge in [0.05, 0.1) is 19.4 Å². The van der Waals surface area contributed by atoms with Crippen molar-refractivity contribution in [2.45, 2.75) is 19.4 Å². The molecule has 0 saturated heterocycles. The van der Waals surface area contributed by atoms with E-state index in [4.69, 9.17) is 10.00 Å². The minimum absolute atomic E-state index is 0.252. The van der Waals surface area contributed by atoms with Crippen molar-refractivity contribution in [3.05, 3.63) is 36.2 Å². The molecule has 0 spiro atoms. The van der Waals surface area contributed by atoms with Gasteiger partial charge >= 0.3 is 0 Å². The van der Waals surface area contributed by atoms with Crippen molar-refractivity contribution in [1.82, 2.24) is 24.9 Å². The van der Waals surface area contributed by atoms with E-state index in [0.717, 1.165) is 0 Å². The topological polar surface area (TPSA) is 129 Å². The first-order valence-corrected chi connectivity index (χ1v) is 8.45. The number of fused-ring (bicyclic) bond motifs is 1. The Morgan fingerprint density at radius 1 is 1.39 bits per heavy atom. The number of nitrogens with zero attached hydrogens (tertiary/aromatic N) is 5. The lowest BCUT2D eigenvalue weighted by Gasteiger charge is -2.17. The van der Waals surface area contributed by atoms with Crippen LogP contribution in [0.1, 0.15) is 24.2 Å². The largest absolute Gasteiger partial charge is 0.480 e. The van der Waals surface area contributed by atoms with Crippen molar-refractivity contribution in [3.63, 3.8) is 0 Å². The predicted molar refractivity (Wildman–Crippen MR) is 104 cm³/mol. The Balaban J connectivity index is 2.04. The molecule has 1 amide bonds. The number of nitrogens with one attached hydrogen (secondary N) is 3. The van der Waals surface area contributed by atoms with E-state index in [1.54, 1.807) is 45.3 Å². The Bertz CT molecular complexity index is 1070. The van der Waals surface area contributed by atoms with Crippen LogP contribution >= 0.6 is 0 Å². The fourth-order valence-electron chi connectivity index (χ4n) is 2.53. The molecule has 10 nitrogen and oxygen atoms in total. The van der Waals surface area contributed by atoms with Crippen LogP contribution in [0.2, 0.25) is 0 Å². The monoisotopic (exact) mass is 380 g/mol. The van der Waals surface area contributed by atoms with Crippen LogP contribution in [0.15, 0.2) is 30.6 Å². The minimum atomic E-state index is -1.02. The number of ether oxygens (including phenoxy) is 1. The number of rotatable bonds is 6. The molecule has 3 rings (SSSR count). The summed E-state index contributed by atoms with van der Waals surface area (Å²) in [6, 6.07) is 7.35. The predicted octanol–water partition coefficient (Wildman–Crippen LogP) is 1.95. The molecule has 0 saturated carbocycles. The number of aromatic nitrogens is 4. The molecule has 0 aliphatic heterocycles. The third-order valence-corrected chi connectivity index (χ3v) is 3.91. The van der Waals surface area contributed by atoms with E-state index in [9.17, 15) is 4.79 Å². The quantitative estimate of drug-likeness (QED) is 0.592. The highest BCUT2D eigenvalue weighted by Crippen LogP contribution is 2.26. The standard InChI is InChI=1S/C18H20N8O2/c1-18(2,10-19)25-16(27)11-9-22-26-14(20-3)8-13(24-15(11)26)23-12-6-5-7-21-17(12)28-4/h5-9,20H,1-4H3,(H,23,24)(H,25,27). The zero-order valence-electron chi connectivity index (χ0n) is 15.9. The van der Waals surface area contributed by atoms with Crippen molar-refractivity contribution in [3.8, 4) is 11.9 Å². The fraction of sp³-hybridized carbons (Fsp3) is 0.278. The van der Waals surface area contributed by atoms with Gasteiger partial charge in [-0.1, -0.05) is 0 Å². The van der Waals surface area contributed by atoms with Gasteiger partial charge in [-0.2, -0.15) is 14.9 Å². The lowest BCUT2D eigenvalue weighted by atomic mass is 10.1. The molecule has 0 aliphatic rings. The van der Waals surface area contributed by atoms with Crippen molar-refractivity contribution in [2.75, 3.05) is 24.8 Å². The van der Waals surface area contributed by atoms with E-state index < -0.39 is 11.4 Å². The van der Waals surface area contributed by atoms with E-state index in [2.05, 4.69) is 31.0 Å². The maximum absolute atomic E-state index is 12.6. The first-order valence-electron chi connectivity index (χ1n) is 8.45. The molecule has 3 aromatic rings. The number of hydrogen-bond donors (Lipinski definition) is 3. The zero-order valence-corrected chi connectivity index (χ0v) is 15.9. The Labute approximate surface area is 161 Å². The van der Waals surface area contributed by atoms with Crippen LogP contribution in [0.25, 0.3) is 5.65 Å². The van der Waals surface area contributed by atoms with Gasteiger partial charge in [-0.25, -0.2) is 9.97 Å². The third kappa shape index (κ3) is 3.64. The second-order valence-electron chi connectivity index (χ2n) is 6.45. The van der Waals surface area contributed by atoms with Crippen molar-refractivity contribution in [1.29, 1.82) is 5.26 Å². The molecule has 0 fully saturated rings. The summed E-state index contributed by atoms with van der Waals surface area (Å²) < 4.78 is 6.76. The Morgan fingerprint density at radius 3 is 2.86 bits per heavy atom. The average Bonchev–Trinajstić information content (AvgIpc) is 3.11. The van der Waals surface area contributed by atoms with Crippen LogP contribution in [-0.2, 0) is 0 Å². The summed E-state index contributed by atoms with van der Waals surface area (Å²) in [6.07, 6.45) is 3.04. The molecule has 0 atom stereocenters. The molecule has 3 aromatic heterocycles. The molecule has 0 radical (unpaired) electrons. The molecule has 0 bridgehead atoms. The summed E-state index contributed by atoms with van der Waals surface area (Å²) in [6.45, 7) is 3.23. The number of carbonyl (C=O) groups is 1. The Morgan fingerprint density at radius 2 is 2.18 bits per heavy atom. The van der Waals surface area contributed by atoms with E-state index >= 15 is 0 Å². The van der Waals surface area contributed by atoms with Gasteiger partial charge in [-0.3, -0.25) is 4.79 Å². The number of pyridine rings is 1. The van der Waals surface area contributed by atoms with E-state index in [1.165, 1.54) is 17.8 Å². The molecule has 0 aliphatic carbocycles. The lowest BCUT2D eigenvalue weighted by Crippen LogP contribution is -2.42. The summed E-state index contributed by atoms with van der Waals surface area (Å²) in [5.74, 6) is 1.07. The lowest BCUT2D eigenvalue weighted by molar-refractivity contribution is 0.0930. The van der Waals surface area contributed by atoms with Gasteiger partial charge in [0.1, 0.15) is 28.4 Å². The number of methoxy groups -OCH3 is 1. The second kappa shape index (κ2) is 7.40. The maximum Gasteiger partial charge on any atom is 0.257 e. The number of amides is 1. The molecule has 10 heteroatoms. The SMILES string of the molecule is CNc1cc(Nc2cccnc2OC)nc2c(C(=O)NC(C)(C)C#N)cnn12. The molecular weight excluding hydrogens is 360 g/mol. The molecule has 144 valence electrons. The first-order chi connectivity index (χ1) is 13.4. The Kier molecular flexibility index (Phi) is 5.00. The van der Waals surface area contributed by atoms with Crippen LogP contribution in [0, 0.1) is 11.3 Å². The maximum atomic E-state index is 12.6. The van der Waals surface area contributed by atoms with Gasteiger partial charge in [0, 0.05) is 19.3 Å². The Hall–Kier alpha value is -3.87. The molecule has 3 heterocycles. The van der Waals surface area contributed by atoms with Crippen LogP contribution in [0.4, 0.5) is 17.3 Å². The second-order valence-corrected chi connectivity index (χ2v) is 6.45. The van der Waals surface area contributed by atoms with Crippen LogP contribution in [0.3, 0.4) is 0 Å². The van der Waals surface area contributed by atoms with Crippen molar-refractivity contribution < 1.29 is 9.53 Å². The normalized spacial score (nSPS) is 11.0. The molecule has 3 N–H and O–H groups in total. The highest BCUT2D eigenvalue weighted by molar-refractivity contribution is 6.00. The van der Waals surface area contributed by atoms with Crippen LogP contribution in [0.5, 0.6) is 5.88 Å². The fourth-order valence-corrected chi connectivity index (χ4v) is 2.53. The average molecular weight is 380 g/mol. The number of hydrogen-bond acceptors (Lipinski definition) is 8. The van der Waals surface area contributed by atoms with Gasteiger partial charge in [0.15, 0.2) is 5.65 Å². The molecule has 0 unspecified atom stereocenters. The summed E-state index contributed by atoms with van der Waals surface area (Å²) in [4.78, 5) is 21.3. The van der Waals surface area contributed by atoms with Crippen molar-refractivity contribution in [2.24, 2.45) is 0 Å². The molecule has 0 aromatic carbocycles. The van der Waals surface area contributed by atoms with Crippen LogP contribution in [-0.4, -0.2) is 45.2 Å². The van der Waals surface area contributed by atoms with Gasteiger partial charge in [-0.15, -0.1) is 0 Å². The van der Waals surface area contributed by atoms with Crippen LogP contribution < -0.4 is 20.7 Å².